The summed E-state index contributed by atoms with van der Waals surface area (Å²) in [6, 6.07) is 26.9. The number of rotatable bonds is 6. The maximum atomic E-state index is 13.0. The summed E-state index contributed by atoms with van der Waals surface area (Å²) >= 11 is 0. The highest BCUT2D eigenvalue weighted by Crippen LogP contribution is 2.47. The van der Waals surface area contributed by atoms with Crippen molar-refractivity contribution in [3.8, 4) is 5.75 Å². The monoisotopic (exact) mass is 373 g/mol. The standard InChI is InChI=1S/C24H23NO3/c1-28-20-14-12-18(13-15-20)23-21(16-22(26)17-8-4-2-5-9-17)24(27)25(23)19-10-6-3-7-11-19/h2-15,21-23,26H,16H2,1H3/t21?,22-,23-/m1/s1. The van der Waals surface area contributed by atoms with E-state index in [0.29, 0.717) is 6.42 Å². The number of methoxy groups -OCH3 is 1. The van der Waals surface area contributed by atoms with Crippen LogP contribution in [0, 0.1) is 5.92 Å². The Balaban J connectivity index is 1.63. The van der Waals surface area contributed by atoms with Crippen LogP contribution in [0.25, 0.3) is 0 Å². The molecular weight excluding hydrogens is 350 g/mol. The van der Waals surface area contributed by atoms with E-state index in [0.717, 1.165) is 22.6 Å². The van der Waals surface area contributed by atoms with Crippen LogP contribution in [0.5, 0.6) is 5.75 Å². The number of para-hydroxylation sites is 1. The van der Waals surface area contributed by atoms with Crippen LogP contribution in [0.2, 0.25) is 0 Å². The molecule has 3 aromatic rings. The van der Waals surface area contributed by atoms with Crippen LogP contribution in [-0.2, 0) is 4.79 Å². The van der Waals surface area contributed by atoms with Crippen LogP contribution in [-0.4, -0.2) is 18.1 Å². The number of ether oxygens (including phenoxy) is 1. The van der Waals surface area contributed by atoms with Gasteiger partial charge in [0.25, 0.3) is 0 Å². The van der Waals surface area contributed by atoms with Gasteiger partial charge in [0.15, 0.2) is 0 Å². The summed E-state index contributed by atoms with van der Waals surface area (Å²) in [5, 5.41) is 10.7. The van der Waals surface area contributed by atoms with E-state index in [9.17, 15) is 9.90 Å². The molecule has 0 spiro atoms. The molecule has 4 rings (SSSR count). The van der Waals surface area contributed by atoms with Crippen molar-refractivity contribution in [2.75, 3.05) is 12.0 Å². The first-order chi connectivity index (χ1) is 13.7. The molecule has 1 saturated heterocycles. The van der Waals surface area contributed by atoms with E-state index in [4.69, 9.17) is 4.74 Å². The van der Waals surface area contributed by atoms with E-state index in [1.54, 1.807) is 7.11 Å². The van der Waals surface area contributed by atoms with Gasteiger partial charge in [-0.3, -0.25) is 4.79 Å². The van der Waals surface area contributed by atoms with Gasteiger partial charge in [0.05, 0.1) is 25.2 Å². The number of carbonyl (C=O) groups excluding carboxylic acids is 1. The van der Waals surface area contributed by atoms with Gasteiger partial charge in [0.1, 0.15) is 5.75 Å². The molecule has 1 heterocycles. The fraction of sp³-hybridized carbons (Fsp3) is 0.208. The normalized spacial score (nSPS) is 19.8. The highest BCUT2D eigenvalue weighted by molar-refractivity contribution is 6.03. The lowest BCUT2D eigenvalue weighted by Gasteiger charge is -2.48. The molecule has 0 radical (unpaired) electrons. The first-order valence-corrected chi connectivity index (χ1v) is 9.44. The van der Waals surface area contributed by atoms with Gasteiger partial charge in [-0.05, 0) is 41.8 Å². The number of carbonyl (C=O) groups is 1. The maximum Gasteiger partial charge on any atom is 0.233 e. The zero-order valence-electron chi connectivity index (χ0n) is 15.7. The fourth-order valence-corrected chi connectivity index (χ4v) is 3.89. The Labute approximate surface area is 165 Å². The third-order valence-corrected chi connectivity index (χ3v) is 5.37. The predicted molar refractivity (Wildman–Crippen MR) is 109 cm³/mol. The SMILES string of the molecule is COc1ccc([C@@H]2C(C[C@@H](O)c3ccccc3)C(=O)N2c2ccccc2)cc1. The Kier molecular flexibility index (Phi) is 5.13. The number of β-lactam (4-membered cyclic amide) rings is 1. The second-order valence-electron chi connectivity index (χ2n) is 7.03. The molecule has 1 aliphatic rings. The van der Waals surface area contributed by atoms with Crippen LogP contribution in [0.15, 0.2) is 84.9 Å². The molecule has 3 atom stereocenters. The topological polar surface area (TPSA) is 49.8 Å². The number of aliphatic hydroxyl groups is 1. The Morgan fingerprint density at radius 3 is 2.14 bits per heavy atom. The Morgan fingerprint density at radius 1 is 0.929 bits per heavy atom. The third kappa shape index (κ3) is 3.39. The molecule has 1 amide bonds. The summed E-state index contributed by atoms with van der Waals surface area (Å²) in [5.41, 5.74) is 2.75. The summed E-state index contributed by atoms with van der Waals surface area (Å²) in [6.45, 7) is 0. The molecule has 0 bridgehead atoms. The van der Waals surface area contributed by atoms with Crippen molar-refractivity contribution in [2.45, 2.75) is 18.6 Å². The van der Waals surface area contributed by atoms with Crippen LogP contribution >= 0.6 is 0 Å². The molecule has 4 heteroatoms. The lowest BCUT2D eigenvalue weighted by Crippen LogP contribution is -2.55. The van der Waals surface area contributed by atoms with E-state index in [1.165, 1.54) is 0 Å². The Morgan fingerprint density at radius 2 is 1.54 bits per heavy atom. The van der Waals surface area contributed by atoms with Crippen molar-refractivity contribution in [1.82, 2.24) is 0 Å². The smallest absolute Gasteiger partial charge is 0.233 e. The van der Waals surface area contributed by atoms with Gasteiger partial charge in [-0.1, -0.05) is 60.7 Å². The number of amides is 1. The molecule has 28 heavy (non-hydrogen) atoms. The van der Waals surface area contributed by atoms with Gasteiger partial charge in [-0.2, -0.15) is 0 Å². The predicted octanol–water partition coefficient (Wildman–Crippen LogP) is 4.52. The summed E-state index contributed by atoms with van der Waals surface area (Å²) in [5.74, 6) is 0.548. The van der Waals surface area contributed by atoms with E-state index >= 15 is 0 Å². The van der Waals surface area contributed by atoms with Crippen molar-refractivity contribution < 1.29 is 14.6 Å². The summed E-state index contributed by atoms with van der Waals surface area (Å²) in [4.78, 5) is 14.8. The van der Waals surface area contributed by atoms with Gasteiger partial charge in [0.2, 0.25) is 5.91 Å². The Bertz CT molecular complexity index is 925. The number of aliphatic hydroxyl groups excluding tert-OH is 1. The van der Waals surface area contributed by atoms with Crippen LogP contribution < -0.4 is 9.64 Å². The number of hydrogen-bond donors (Lipinski definition) is 1. The first kappa shape index (κ1) is 18.3. The lowest BCUT2D eigenvalue weighted by molar-refractivity contribution is -0.132. The molecule has 142 valence electrons. The van der Waals surface area contributed by atoms with Crippen LogP contribution in [0.1, 0.15) is 29.7 Å². The largest absolute Gasteiger partial charge is 0.497 e. The van der Waals surface area contributed by atoms with Crippen molar-refractivity contribution >= 4 is 11.6 Å². The zero-order chi connectivity index (χ0) is 19.5. The summed E-state index contributed by atoms with van der Waals surface area (Å²) in [7, 11) is 1.64. The van der Waals surface area contributed by atoms with Gasteiger partial charge >= 0.3 is 0 Å². The average Bonchev–Trinajstić information content (AvgIpc) is 2.76. The van der Waals surface area contributed by atoms with Crippen LogP contribution in [0.3, 0.4) is 0 Å². The van der Waals surface area contributed by atoms with Crippen molar-refractivity contribution in [3.05, 3.63) is 96.1 Å². The number of benzene rings is 3. The molecule has 0 aromatic heterocycles. The Hall–Kier alpha value is -3.11. The van der Waals surface area contributed by atoms with E-state index in [1.807, 2.05) is 89.8 Å². The highest BCUT2D eigenvalue weighted by atomic mass is 16.5. The third-order valence-electron chi connectivity index (χ3n) is 5.37. The molecule has 1 unspecified atom stereocenters. The van der Waals surface area contributed by atoms with Gasteiger partial charge < -0.3 is 14.7 Å². The average molecular weight is 373 g/mol. The quantitative estimate of drug-likeness (QED) is 0.646. The maximum absolute atomic E-state index is 13.0. The minimum absolute atomic E-state index is 0.0435. The van der Waals surface area contributed by atoms with Crippen molar-refractivity contribution in [1.29, 1.82) is 0 Å². The fourth-order valence-electron chi connectivity index (χ4n) is 3.89. The first-order valence-electron chi connectivity index (χ1n) is 9.44. The minimum atomic E-state index is -0.672. The zero-order valence-corrected chi connectivity index (χ0v) is 15.7. The number of hydrogen-bond acceptors (Lipinski definition) is 3. The van der Waals surface area contributed by atoms with Gasteiger partial charge in [-0.15, -0.1) is 0 Å². The molecule has 1 fully saturated rings. The van der Waals surface area contributed by atoms with Crippen LogP contribution in [0.4, 0.5) is 5.69 Å². The molecule has 1 N–H and O–H groups in total. The molecular formula is C24H23NO3. The van der Waals surface area contributed by atoms with Crippen molar-refractivity contribution in [2.24, 2.45) is 5.92 Å². The molecule has 1 aliphatic heterocycles. The number of nitrogens with zero attached hydrogens (tertiary/aromatic N) is 1. The van der Waals surface area contributed by atoms with Crippen molar-refractivity contribution in [3.63, 3.8) is 0 Å². The van der Waals surface area contributed by atoms with E-state index in [2.05, 4.69) is 0 Å². The molecule has 4 nitrogen and oxygen atoms in total. The highest BCUT2D eigenvalue weighted by Gasteiger charge is 2.49. The minimum Gasteiger partial charge on any atom is -0.497 e. The molecule has 0 aliphatic carbocycles. The van der Waals surface area contributed by atoms with Gasteiger partial charge in [-0.25, -0.2) is 0 Å². The second kappa shape index (κ2) is 7.87. The summed E-state index contributed by atoms with van der Waals surface area (Å²) < 4.78 is 5.26. The van der Waals surface area contributed by atoms with Gasteiger partial charge in [0, 0.05) is 5.69 Å². The van der Waals surface area contributed by atoms with E-state index in [-0.39, 0.29) is 17.9 Å². The second-order valence-corrected chi connectivity index (χ2v) is 7.03. The van der Waals surface area contributed by atoms with E-state index < -0.39 is 6.10 Å². The lowest BCUT2D eigenvalue weighted by atomic mass is 9.77. The summed E-state index contributed by atoms with van der Waals surface area (Å²) in [6.07, 6.45) is -0.281. The molecule has 3 aromatic carbocycles. The number of anilines is 1. The molecule has 0 saturated carbocycles.